The molecule has 1 saturated heterocycles. The van der Waals surface area contributed by atoms with E-state index in [2.05, 4.69) is 46.8 Å². The summed E-state index contributed by atoms with van der Waals surface area (Å²) in [5.41, 5.74) is 1.05. The molecule has 0 radical (unpaired) electrons. The van der Waals surface area contributed by atoms with Crippen molar-refractivity contribution in [2.45, 2.75) is 33.2 Å². The van der Waals surface area contributed by atoms with Gasteiger partial charge in [-0.25, -0.2) is 4.98 Å². The van der Waals surface area contributed by atoms with Crippen LogP contribution in [0.1, 0.15) is 25.3 Å². The van der Waals surface area contributed by atoms with Crippen LogP contribution in [0.2, 0.25) is 0 Å². The minimum atomic E-state index is 0.671. The topological polar surface area (TPSA) is 28.6 Å². The zero-order valence-corrected chi connectivity index (χ0v) is 15.2. The summed E-state index contributed by atoms with van der Waals surface area (Å²) in [5.74, 6) is 0.937. The molecule has 1 aromatic carbocycles. The summed E-state index contributed by atoms with van der Waals surface area (Å²) in [6.45, 7) is 13.3. The molecule has 126 valence electrons. The minimum Gasteiger partial charge on any atom is -0.493 e. The van der Waals surface area contributed by atoms with E-state index in [1.807, 2.05) is 6.92 Å². The third-order valence-electron chi connectivity index (χ3n) is 4.49. The number of ether oxygens (including phenoxy) is 1. The Kier molecular flexibility index (Phi) is 5.51. The number of thiazole rings is 1. The molecule has 3 rings (SSSR count). The Morgan fingerprint density at radius 3 is 2.74 bits per heavy atom. The fourth-order valence-electron chi connectivity index (χ4n) is 3.09. The molecule has 2 aromatic rings. The molecule has 1 aromatic heterocycles. The van der Waals surface area contributed by atoms with Crippen LogP contribution in [0.3, 0.4) is 0 Å². The highest BCUT2D eigenvalue weighted by molar-refractivity contribution is 7.18. The largest absolute Gasteiger partial charge is 0.493 e. The van der Waals surface area contributed by atoms with E-state index < -0.39 is 0 Å². The van der Waals surface area contributed by atoms with Crippen LogP contribution in [0, 0.1) is 6.92 Å². The highest BCUT2D eigenvalue weighted by atomic mass is 32.1. The third kappa shape index (κ3) is 4.43. The Bertz CT molecular complexity index is 632. The van der Waals surface area contributed by atoms with E-state index in [9.17, 15) is 0 Å². The van der Waals surface area contributed by atoms with Gasteiger partial charge >= 0.3 is 0 Å². The van der Waals surface area contributed by atoms with Gasteiger partial charge in [0, 0.05) is 44.8 Å². The summed E-state index contributed by atoms with van der Waals surface area (Å²) in [4.78, 5) is 9.63. The number of hydrogen-bond donors (Lipinski definition) is 0. The van der Waals surface area contributed by atoms with Crippen molar-refractivity contribution in [2.24, 2.45) is 0 Å². The number of benzene rings is 1. The first kappa shape index (κ1) is 16.7. The van der Waals surface area contributed by atoms with Gasteiger partial charge in [-0.15, -0.1) is 11.3 Å². The van der Waals surface area contributed by atoms with Gasteiger partial charge in [-0.1, -0.05) is 0 Å². The quantitative estimate of drug-likeness (QED) is 0.758. The number of rotatable bonds is 6. The van der Waals surface area contributed by atoms with E-state index in [1.54, 1.807) is 11.3 Å². The lowest BCUT2D eigenvalue weighted by molar-refractivity contribution is 0.104. The lowest BCUT2D eigenvalue weighted by Gasteiger charge is -2.36. The van der Waals surface area contributed by atoms with E-state index >= 15 is 0 Å². The fourth-order valence-corrected chi connectivity index (χ4v) is 3.90. The highest BCUT2D eigenvalue weighted by Gasteiger charge is 2.18. The van der Waals surface area contributed by atoms with Crippen LogP contribution in [0.4, 0.5) is 0 Å². The molecule has 0 amide bonds. The second kappa shape index (κ2) is 7.60. The van der Waals surface area contributed by atoms with Crippen molar-refractivity contribution in [1.29, 1.82) is 0 Å². The second-order valence-corrected chi connectivity index (χ2v) is 7.77. The summed E-state index contributed by atoms with van der Waals surface area (Å²) in [6.07, 6.45) is 1.08. The van der Waals surface area contributed by atoms with E-state index in [0.717, 1.165) is 35.8 Å². The molecule has 0 atom stereocenters. The standard InChI is InChI=1S/C18H27N3OS/c1-14(2)21-10-8-20(9-11-21)7-4-12-22-16-5-6-18-17(13-16)19-15(3)23-18/h5-6,13-14H,4,7-12H2,1-3H3. The lowest BCUT2D eigenvalue weighted by atomic mass is 10.2. The Morgan fingerprint density at radius 2 is 2.00 bits per heavy atom. The van der Waals surface area contributed by atoms with Gasteiger partial charge in [-0.3, -0.25) is 4.90 Å². The van der Waals surface area contributed by atoms with Gasteiger partial charge < -0.3 is 9.64 Å². The SMILES string of the molecule is Cc1nc2cc(OCCCN3CCN(C(C)C)CC3)ccc2s1. The molecule has 2 heterocycles. The van der Waals surface area contributed by atoms with Crippen LogP contribution in [0.15, 0.2) is 18.2 Å². The summed E-state index contributed by atoms with van der Waals surface area (Å²) >= 11 is 1.73. The van der Waals surface area contributed by atoms with E-state index in [0.29, 0.717) is 6.04 Å². The van der Waals surface area contributed by atoms with Crippen molar-refractivity contribution in [3.05, 3.63) is 23.2 Å². The maximum Gasteiger partial charge on any atom is 0.121 e. The minimum absolute atomic E-state index is 0.671. The Balaban J connectivity index is 1.39. The predicted molar refractivity (Wildman–Crippen MR) is 97.6 cm³/mol. The third-order valence-corrected chi connectivity index (χ3v) is 5.44. The van der Waals surface area contributed by atoms with Crippen LogP contribution in [-0.4, -0.2) is 60.2 Å². The summed E-state index contributed by atoms with van der Waals surface area (Å²) in [7, 11) is 0. The zero-order chi connectivity index (χ0) is 16.2. The van der Waals surface area contributed by atoms with Gasteiger partial charge in [0.15, 0.2) is 0 Å². The molecular formula is C18H27N3OS. The number of fused-ring (bicyclic) bond motifs is 1. The number of aryl methyl sites for hydroxylation is 1. The van der Waals surface area contributed by atoms with E-state index in [1.165, 1.54) is 30.9 Å². The lowest BCUT2D eigenvalue weighted by Crippen LogP contribution is -2.49. The molecule has 4 nitrogen and oxygen atoms in total. The van der Waals surface area contributed by atoms with Crippen LogP contribution in [0.5, 0.6) is 5.75 Å². The molecule has 0 spiro atoms. The van der Waals surface area contributed by atoms with Crippen molar-refractivity contribution < 1.29 is 4.74 Å². The van der Waals surface area contributed by atoms with Gasteiger partial charge in [0.05, 0.1) is 21.8 Å². The van der Waals surface area contributed by atoms with Gasteiger partial charge in [0.2, 0.25) is 0 Å². The van der Waals surface area contributed by atoms with Crippen LogP contribution in [-0.2, 0) is 0 Å². The molecule has 0 unspecified atom stereocenters. The number of piperazine rings is 1. The monoisotopic (exact) mass is 333 g/mol. The molecule has 5 heteroatoms. The Morgan fingerprint density at radius 1 is 1.22 bits per heavy atom. The number of nitrogens with zero attached hydrogens (tertiary/aromatic N) is 3. The van der Waals surface area contributed by atoms with Crippen molar-refractivity contribution in [3.63, 3.8) is 0 Å². The van der Waals surface area contributed by atoms with Gasteiger partial charge in [0.25, 0.3) is 0 Å². The second-order valence-electron chi connectivity index (χ2n) is 6.54. The average Bonchev–Trinajstić information content (AvgIpc) is 2.91. The van der Waals surface area contributed by atoms with E-state index in [-0.39, 0.29) is 0 Å². The van der Waals surface area contributed by atoms with Gasteiger partial charge in [-0.2, -0.15) is 0 Å². The molecule has 1 aliphatic rings. The predicted octanol–water partition coefficient (Wildman–Crippen LogP) is 3.40. The first-order valence-electron chi connectivity index (χ1n) is 8.58. The maximum atomic E-state index is 5.90. The molecule has 0 N–H and O–H groups in total. The zero-order valence-electron chi connectivity index (χ0n) is 14.4. The highest BCUT2D eigenvalue weighted by Crippen LogP contribution is 2.25. The number of hydrogen-bond acceptors (Lipinski definition) is 5. The first-order chi connectivity index (χ1) is 11.1. The Hall–Kier alpha value is -1.17. The van der Waals surface area contributed by atoms with Crippen molar-refractivity contribution in [1.82, 2.24) is 14.8 Å². The molecule has 0 aliphatic carbocycles. The molecule has 0 bridgehead atoms. The van der Waals surface area contributed by atoms with Crippen LogP contribution >= 0.6 is 11.3 Å². The van der Waals surface area contributed by atoms with Crippen molar-refractivity contribution in [2.75, 3.05) is 39.3 Å². The maximum absolute atomic E-state index is 5.90. The van der Waals surface area contributed by atoms with Crippen molar-refractivity contribution >= 4 is 21.6 Å². The normalized spacial score (nSPS) is 17.2. The molecule has 1 fully saturated rings. The van der Waals surface area contributed by atoms with Crippen LogP contribution < -0.4 is 4.74 Å². The van der Waals surface area contributed by atoms with E-state index in [4.69, 9.17) is 4.74 Å². The van der Waals surface area contributed by atoms with Gasteiger partial charge in [-0.05, 0) is 39.3 Å². The van der Waals surface area contributed by atoms with Gasteiger partial charge in [0.1, 0.15) is 5.75 Å². The molecule has 1 aliphatic heterocycles. The van der Waals surface area contributed by atoms with Crippen molar-refractivity contribution in [3.8, 4) is 5.75 Å². The van der Waals surface area contributed by atoms with Crippen LogP contribution in [0.25, 0.3) is 10.2 Å². The first-order valence-corrected chi connectivity index (χ1v) is 9.40. The summed E-state index contributed by atoms with van der Waals surface area (Å²) in [5, 5.41) is 1.11. The smallest absolute Gasteiger partial charge is 0.121 e. The number of aromatic nitrogens is 1. The fraction of sp³-hybridized carbons (Fsp3) is 0.611. The summed E-state index contributed by atoms with van der Waals surface area (Å²) in [6, 6.07) is 6.90. The molecule has 23 heavy (non-hydrogen) atoms. The summed E-state index contributed by atoms with van der Waals surface area (Å²) < 4.78 is 7.14. The average molecular weight is 334 g/mol. The molecule has 0 saturated carbocycles. The Labute approximate surface area is 143 Å². The molecular weight excluding hydrogens is 306 g/mol.